The molecule has 164 valence electrons. The number of aryl methyl sites for hydroxylation is 1. The summed E-state index contributed by atoms with van der Waals surface area (Å²) in [6.45, 7) is 7.63. The Kier molecular flexibility index (Phi) is 5.65. The quantitative estimate of drug-likeness (QED) is 0.330. The summed E-state index contributed by atoms with van der Waals surface area (Å²) < 4.78 is 61.2. The molecule has 0 saturated heterocycles. The minimum atomic E-state index is -4.67. The van der Waals surface area contributed by atoms with E-state index < -0.39 is 17.6 Å². The monoisotopic (exact) mass is 453 g/mol. The maximum Gasteiger partial charge on any atom is 0.418 e. The molecule has 4 nitrogen and oxygen atoms in total. The Hall–Kier alpha value is -2.87. The molecule has 0 aliphatic rings. The second kappa shape index (κ2) is 7.67. The second-order valence-electron chi connectivity index (χ2n) is 8.16. The molecule has 0 aliphatic carbocycles. The van der Waals surface area contributed by atoms with Crippen molar-refractivity contribution in [3.8, 4) is 22.8 Å². The summed E-state index contributed by atoms with van der Waals surface area (Å²) in [4.78, 5) is 11.4. The number of imidazole rings is 1. The van der Waals surface area contributed by atoms with Crippen LogP contribution in [0.5, 0.6) is 0 Å². The summed E-state index contributed by atoms with van der Waals surface area (Å²) >= 11 is 0. The fourth-order valence-electron chi connectivity index (χ4n) is 3.48. The number of oxazole rings is 1. The van der Waals surface area contributed by atoms with E-state index in [-0.39, 0.29) is 51.7 Å². The number of aromatic amines is 1. The van der Waals surface area contributed by atoms with Crippen molar-refractivity contribution in [1.82, 2.24) is 15.0 Å². The summed E-state index contributed by atoms with van der Waals surface area (Å²) in [7, 11) is 0. The molecule has 4 aromatic rings. The number of hydrogen-bond donors (Lipinski definition) is 1. The molecule has 0 aliphatic heterocycles. The molecular weight excluding hydrogens is 434 g/mol. The number of halogens is 5. The van der Waals surface area contributed by atoms with Crippen molar-refractivity contribution >= 4 is 23.4 Å². The molecule has 0 saturated carbocycles. The summed E-state index contributed by atoms with van der Waals surface area (Å²) in [5, 5.41) is 0. The van der Waals surface area contributed by atoms with Crippen molar-refractivity contribution < 1.29 is 22.0 Å². The lowest BCUT2D eigenvalue weighted by Gasteiger charge is -2.14. The lowest BCUT2D eigenvalue weighted by molar-refractivity contribution is -0.136. The Morgan fingerprint density at radius 3 is 2.26 bits per heavy atom. The molecule has 1 N–H and O–H groups in total. The van der Waals surface area contributed by atoms with E-state index in [0.717, 1.165) is 6.07 Å². The highest BCUT2D eigenvalue weighted by Crippen LogP contribution is 2.39. The first kappa shape index (κ1) is 22.8. The van der Waals surface area contributed by atoms with Gasteiger partial charge >= 0.3 is 6.18 Å². The molecule has 2 aromatic heterocycles. The molecule has 0 spiro atoms. The fourth-order valence-corrected chi connectivity index (χ4v) is 3.48. The first-order chi connectivity index (χ1) is 13.9. The molecule has 0 atom stereocenters. The molecule has 4 rings (SSSR count). The van der Waals surface area contributed by atoms with Gasteiger partial charge in [0, 0.05) is 11.0 Å². The molecule has 0 unspecified atom stereocenters. The second-order valence-corrected chi connectivity index (χ2v) is 8.16. The van der Waals surface area contributed by atoms with Crippen LogP contribution >= 0.6 is 12.4 Å². The molecule has 0 amide bonds. The van der Waals surface area contributed by atoms with Crippen molar-refractivity contribution in [2.24, 2.45) is 0 Å². The van der Waals surface area contributed by atoms with Crippen molar-refractivity contribution in [3.05, 3.63) is 59.2 Å². The van der Waals surface area contributed by atoms with Crippen molar-refractivity contribution in [1.29, 1.82) is 0 Å². The van der Waals surface area contributed by atoms with Crippen LogP contribution in [0, 0.1) is 12.7 Å². The highest BCUT2D eigenvalue weighted by molar-refractivity contribution is 5.87. The van der Waals surface area contributed by atoms with Crippen LogP contribution in [0.1, 0.15) is 37.8 Å². The number of nitrogens with one attached hydrogen (secondary N) is 1. The molecule has 0 bridgehead atoms. The predicted molar refractivity (Wildman–Crippen MR) is 113 cm³/mol. The van der Waals surface area contributed by atoms with Gasteiger partial charge in [-0.3, -0.25) is 0 Å². The fraction of sp³-hybridized carbons (Fsp3) is 0.273. The van der Waals surface area contributed by atoms with E-state index in [4.69, 9.17) is 4.42 Å². The number of nitrogens with zero attached hydrogens (tertiary/aromatic N) is 2. The average Bonchev–Trinajstić information content (AvgIpc) is 3.23. The number of rotatable bonds is 2. The Balaban J connectivity index is 0.00000272. The van der Waals surface area contributed by atoms with Gasteiger partial charge in [-0.25, -0.2) is 14.4 Å². The smallest absolute Gasteiger partial charge is 0.418 e. The minimum absolute atomic E-state index is 0. The Labute approximate surface area is 182 Å². The van der Waals surface area contributed by atoms with E-state index in [1.165, 1.54) is 24.3 Å². The molecule has 31 heavy (non-hydrogen) atoms. The highest BCUT2D eigenvalue weighted by Gasteiger charge is 2.35. The van der Waals surface area contributed by atoms with Crippen LogP contribution in [0.4, 0.5) is 17.6 Å². The van der Waals surface area contributed by atoms with Gasteiger partial charge in [-0.15, -0.1) is 12.4 Å². The zero-order chi connectivity index (χ0) is 21.8. The van der Waals surface area contributed by atoms with Crippen LogP contribution in [-0.4, -0.2) is 15.0 Å². The molecule has 2 heterocycles. The first-order valence-electron chi connectivity index (χ1n) is 9.29. The largest absolute Gasteiger partial charge is 0.439 e. The highest BCUT2D eigenvalue weighted by atomic mass is 35.5. The van der Waals surface area contributed by atoms with Gasteiger partial charge in [-0.1, -0.05) is 39.0 Å². The lowest BCUT2D eigenvalue weighted by atomic mass is 9.91. The van der Waals surface area contributed by atoms with Crippen LogP contribution in [0.3, 0.4) is 0 Å². The zero-order valence-corrected chi connectivity index (χ0v) is 18.0. The first-order valence-corrected chi connectivity index (χ1v) is 9.29. The van der Waals surface area contributed by atoms with E-state index in [1.54, 1.807) is 13.0 Å². The molecule has 2 aromatic carbocycles. The normalized spacial score (nSPS) is 12.3. The van der Waals surface area contributed by atoms with Gasteiger partial charge in [0.25, 0.3) is 5.89 Å². The predicted octanol–water partition coefficient (Wildman–Crippen LogP) is 7.07. The third-order valence-electron chi connectivity index (χ3n) is 4.79. The van der Waals surface area contributed by atoms with Crippen molar-refractivity contribution in [2.75, 3.05) is 0 Å². The van der Waals surface area contributed by atoms with Gasteiger partial charge in [-0.05, 0) is 30.7 Å². The van der Waals surface area contributed by atoms with Gasteiger partial charge in [0.2, 0.25) is 0 Å². The van der Waals surface area contributed by atoms with Crippen LogP contribution in [0.2, 0.25) is 0 Å². The topological polar surface area (TPSA) is 54.7 Å². The van der Waals surface area contributed by atoms with Gasteiger partial charge in [0.15, 0.2) is 5.82 Å². The summed E-state index contributed by atoms with van der Waals surface area (Å²) in [6, 6.07) is 8.04. The number of aromatic nitrogens is 3. The number of alkyl halides is 3. The average molecular weight is 454 g/mol. The van der Waals surface area contributed by atoms with E-state index in [9.17, 15) is 17.6 Å². The summed E-state index contributed by atoms with van der Waals surface area (Å²) in [5.41, 5.74) is -0.546. The maximum absolute atomic E-state index is 14.2. The molecule has 9 heteroatoms. The lowest BCUT2D eigenvalue weighted by Crippen LogP contribution is -2.13. The number of H-pyrrole nitrogens is 1. The van der Waals surface area contributed by atoms with Gasteiger partial charge < -0.3 is 9.40 Å². The van der Waals surface area contributed by atoms with Crippen molar-refractivity contribution in [3.63, 3.8) is 0 Å². The van der Waals surface area contributed by atoms with E-state index >= 15 is 0 Å². The van der Waals surface area contributed by atoms with E-state index in [1.807, 2.05) is 20.8 Å². The Morgan fingerprint density at radius 2 is 1.68 bits per heavy atom. The third-order valence-corrected chi connectivity index (χ3v) is 4.79. The van der Waals surface area contributed by atoms with Gasteiger partial charge in [0.05, 0.1) is 16.8 Å². The van der Waals surface area contributed by atoms with Crippen LogP contribution in [0.25, 0.3) is 33.9 Å². The Bertz CT molecular complexity index is 1250. The third kappa shape index (κ3) is 4.17. The van der Waals surface area contributed by atoms with E-state index in [0.29, 0.717) is 11.5 Å². The van der Waals surface area contributed by atoms with Crippen molar-refractivity contribution in [2.45, 2.75) is 39.3 Å². The van der Waals surface area contributed by atoms with Gasteiger partial charge in [-0.2, -0.15) is 13.2 Å². The molecule has 0 fully saturated rings. The Morgan fingerprint density at radius 1 is 1.00 bits per heavy atom. The van der Waals surface area contributed by atoms with Crippen LogP contribution < -0.4 is 0 Å². The summed E-state index contributed by atoms with van der Waals surface area (Å²) in [6.07, 6.45) is -4.67. The summed E-state index contributed by atoms with van der Waals surface area (Å²) in [5.74, 6) is 0.151. The molecule has 0 radical (unpaired) electrons. The van der Waals surface area contributed by atoms with Crippen LogP contribution in [0.15, 0.2) is 40.8 Å². The standard InChI is InChI=1S/C22H19F4N3O.ClH/c1-11-18(21(2,3)4)29-20(30-11)19-27-16-10-12(13-7-5-6-8-15(13)23)9-14(17(16)28-19)22(24,25)26;/h5-10H,1-4H3,(H,27,28);1H. The van der Waals surface area contributed by atoms with Crippen LogP contribution in [-0.2, 0) is 11.6 Å². The zero-order valence-electron chi connectivity index (χ0n) is 17.2. The number of fused-ring (bicyclic) bond motifs is 1. The minimum Gasteiger partial charge on any atom is -0.439 e. The number of benzene rings is 2. The van der Waals surface area contributed by atoms with E-state index in [2.05, 4.69) is 15.0 Å². The maximum atomic E-state index is 14.2. The SMILES string of the molecule is Cc1oc(-c2nc3c(C(F)(F)F)cc(-c4ccccc4F)cc3[nH]2)nc1C(C)(C)C.Cl. The van der Waals surface area contributed by atoms with Gasteiger partial charge in [0.1, 0.15) is 17.1 Å². The number of hydrogen-bond acceptors (Lipinski definition) is 3. The molecular formula is C22H20ClF4N3O.